The topological polar surface area (TPSA) is 37.4 Å². The third-order valence-corrected chi connectivity index (χ3v) is 7.51. The molecule has 0 atom stereocenters. The largest absolute Gasteiger partial charge is 0.243 e. The summed E-state index contributed by atoms with van der Waals surface area (Å²) >= 11 is 0. The molecule has 0 radical (unpaired) electrons. The van der Waals surface area contributed by atoms with Crippen molar-refractivity contribution in [2.45, 2.75) is 51.9 Å². The van der Waals surface area contributed by atoms with E-state index in [0.29, 0.717) is 23.9 Å². The lowest BCUT2D eigenvalue weighted by Gasteiger charge is -2.40. The van der Waals surface area contributed by atoms with Crippen molar-refractivity contribution in [2.24, 2.45) is 11.3 Å². The summed E-state index contributed by atoms with van der Waals surface area (Å²) in [5.41, 5.74) is 1.37. The second-order valence-electron chi connectivity index (χ2n) is 8.24. The third kappa shape index (κ3) is 3.61. The molecule has 3 rings (SSSR count). The molecule has 0 spiro atoms. The Labute approximate surface area is 152 Å². The van der Waals surface area contributed by atoms with E-state index in [0.717, 1.165) is 35.6 Å². The van der Waals surface area contributed by atoms with Crippen LogP contribution in [0.3, 0.4) is 0 Å². The molecular weight excluding hydrogens is 330 g/mol. The molecule has 0 N–H and O–H groups in total. The minimum atomic E-state index is -3.45. The van der Waals surface area contributed by atoms with Crippen molar-refractivity contribution >= 4 is 20.8 Å². The first-order valence-electron chi connectivity index (χ1n) is 9.21. The fourth-order valence-corrected chi connectivity index (χ4v) is 5.88. The van der Waals surface area contributed by atoms with E-state index in [-0.39, 0.29) is 5.41 Å². The van der Waals surface area contributed by atoms with Crippen molar-refractivity contribution < 1.29 is 8.42 Å². The SMILES string of the molecule is Cc1ccc(S(=O)(=O)N2CCC(C)(CC(C)C)CC2)c2ccccc12. The van der Waals surface area contributed by atoms with Crippen molar-refractivity contribution in [3.63, 3.8) is 0 Å². The first-order valence-corrected chi connectivity index (χ1v) is 10.7. The molecule has 0 unspecified atom stereocenters. The van der Waals surface area contributed by atoms with Gasteiger partial charge in [-0.3, -0.25) is 0 Å². The minimum Gasteiger partial charge on any atom is -0.207 e. The Morgan fingerprint density at radius 2 is 1.64 bits per heavy atom. The van der Waals surface area contributed by atoms with E-state index in [2.05, 4.69) is 20.8 Å². The Kier molecular flexibility index (Phi) is 4.95. The van der Waals surface area contributed by atoms with Gasteiger partial charge in [0.15, 0.2) is 0 Å². The number of fused-ring (bicyclic) bond motifs is 1. The molecule has 1 heterocycles. The maximum atomic E-state index is 13.3. The van der Waals surface area contributed by atoms with E-state index >= 15 is 0 Å². The Bertz CT molecular complexity index is 863. The zero-order valence-corrected chi connectivity index (χ0v) is 16.6. The molecule has 1 fully saturated rings. The van der Waals surface area contributed by atoms with Crippen LogP contribution in [0.5, 0.6) is 0 Å². The number of nitrogens with zero attached hydrogens (tertiary/aromatic N) is 1. The van der Waals surface area contributed by atoms with Crippen LogP contribution < -0.4 is 0 Å². The van der Waals surface area contributed by atoms with Crippen molar-refractivity contribution in [3.8, 4) is 0 Å². The number of rotatable bonds is 4. The smallest absolute Gasteiger partial charge is 0.207 e. The fourth-order valence-electron chi connectivity index (χ4n) is 4.24. The number of aryl methyl sites for hydroxylation is 1. The molecule has 3 nitrogen and oxygen atoms in total. The van der Waals surface area contributed by atoms with E-state index in [1.807, 2.05) is 37.3 Å². The lowest BCUT2D eigenvalue weighted by molar-refractivity contribution is 0.144. The minimum absolute atomic E-state index is 0.259. The summed E-state index contributed by atoms with van der Waals surface area (Å²) in [6.07, 6.45) is 3.04. The summed E-state index contributed by atoms with van der Waals surface area (Å²) in [6, 6.07) is 11.5. The lowest BCUT2D eigenvalue weighted by Crippen LogP contribution is -2.42. The van der Waals surface area contributed by atoms with E-state index in [4.69, 9.17) is 0 Å². The summed E-state index contributed by atoms with van der Waals surface area (Å²) in [6.45, 7) is 10.1. The van der Waals surface area contributed by atoms with E-state index in [9.17, 15) is 8.42 Å². The van der Waals surface area contributed by atoms with Gasteiger partial charge in [0.25, 0.3) is 0 Å². The van der Waals surface area contributed by atoms with Crippen LogP contribution in [0.1, 0.15) is 45.6 Å². The highest BCUT2D eigenvalue weighted by molar-refractivity contribution is 7.89. The van der Waals surface area contributed by atoms with Crippen LogP contribution in [-0.2, 0) is 10.0 Å². The Morgan fingerprint density at radius 1 is 1.04 bits per heavy atom. The zero-order chi connectivity index (χ0) is 18.2. The Hall–Kier alpha value is -1.39. The van der Waals surface area contributed by atoms with E-state index in [1.54, 1.807) is 10.4 Å². The van der Waals surface area contributed by atoms with Crippen molar-refractivity contribution in [1.82, 2.24) is 4.31 Å². The van der Waals surface area contributed by atoms with Crippen LogP contribution in [0.25, 0.3) is 10.8 Å². The highest BCUT2D eigenvalue weighted by atomic mass is 32.2. The second kappa shape index (κ2) is 6.73. The van der Waals surface area contributed by atoms with E-state index in [1.165, 1.54) is 0 Å². The summed E-state index contributed by atoms with van der Waals surface area (Å²) in [5.74, 6) is 0.647. The van der Waals surface area contributed by atoms with Gasteiger partial charge in [-0.2, -0.15) is 4.31 Å². The van der Waals surface area contributed by atoms with Crippen LogP contribution in [0.15, 0.2) is 41.3 Å². The monoisotopic (exact) mass is 359 g/mol. The molecular formula is C21H29NO2S. The summed E-state index contributed by atoms with van der Waals surface area (Å²) in [7, 11) is -3.45. The van der Waals surface area contributed by atoms with Crippen molar-refractivity contribution in [2.75, 3.05) is 13.1 Å². The van der Waals surface area contributed by atoms with Gasteiger partial charge in [0.2, 0.25) is 10.0 Å². The van der Waals surface area contributed by atoms with Crippen LogP contribution >= 0.6 is 0 Å². The number of hydrogen-bond donors (Lipinski definition) is 0. The van der Waals surface area contributed by atoms with Crippen LogP contribution in [0.2, 0.25) is 0 Å². The van der Waals surface area contributed by atoms with Gasteiger partial charge in [0, 0.05) is 18.5 Å². The van der Waals surface area contributed by atoms with Gasteiger partial charge in [-0.05, 0) is 54.5 Å². The molecule has 0 bridgehead atoms. The van der Waals surface area contributed by atoms with Gasteiger partial charge >= 0.3 is 0 Å². The van der Waals surface area contributed by atoms with E-state index < -0.39 is 10.0 Å². The molecule has 25 heavy (non-hydrogen) atoms. The summed E-state index contributed by atoms with van der Waals surface area (Å²) < 4.78 is 28.2. The molecule has 1 aliphatic rings. The lowest BCUT2D eigenvalue weighted by atomic mass is 9.75. The molecule has 2 aromatic rings. The fraction of sp³-hybridized carbons (Fsp3) is 0.524. The van der Waals surface area contributed by atoms with Crippen molar-refractivity contribution in [3.05, 3.63) is 42.0 Å². The predicted octanol–water partition coefficient (Wildman–Crippen LogP) is 4.99. The maximum absolute atomic E-state index is 13.3. The van der Waals surface area contributed by atoms with Gasteiger partial charge in [-0.15, -0.1) is 0 Å². The average Bonchev–Trinajstić information content (AvgIpc) is 2.54. The molecule has 0 aliphatic carbocycles. The second-order valence-corrected chi connectivity index (χ2v) is 10.1. The molecule has 1 saturated heterocycles. The van der Waals surface area contributed by atoms with Gasteiger partial charge in [-0.25, -0.2) is 8.42 Å². The summed E-state index contributed by atoms with van der Waals surface area (Å²) in [5, 5.41) is 1.85. The zero-order valence-electron chi connectivity index (χ0n) is 15.7. The first-order chi connectivity index (χ1) is 11.7. The molecule has 0 amide bonds. The number of piperidine rings is 1. The Morgan fingerprint density at radius 3 is 2.24 bits per heavy atom. The van der Waals surface area contributed by atoms with Crippen LogP contribution in [0.4, 0.5) is 0 Å². The third-order valence-electron chi connectivity index (χ3n) is 5.55. The Balaban J connectivity index is 1.90. The average molecular weight is 360 g/mol. The van der Waals surface area contributed by atoms with Crippen LogP contribution in [0, 0.1) is 18.3 Å². The molecule has 0 aromatic heterocycles. The molecule has 2 aromatic carbocycles. The van der Waals surface area contributed by atoms with Crippen LogP contribution in [-0.4, -0.2) is 25.8 Å². The quantitative estimate of drug-likeness (QED) is 0.771. The highest BCUT2D eigenvalue weighted by Crippen LogP contribution is 2.39. The number of benzene rings is 2. The molecule has 1 aliphatic heterocycles. The van der Waals surface area contributed by atoms with Gasteiger partial charge in [0.1, 0.15) is 0 Å². The maximum Gasteiger partial charge on any atom is 0.243 e. The molecule has 0 saturated carbocycles. The van der Waals surface area contributed by atoms with Gasteiger partial charge in [0.05, 0.1) is 4.90 Å². The normalized spacial score (nSPS) is 18.8. The highest BCUT2D eigenvalue weighted by Gasteiger charge is 2.36. The molecule has 136 valence electrons. The molecule has 4 heteroatoms. The predicted molar refractivity (Wildman–Crippen MR) is 104 cm³/mol. The standard InChI is InChI=1S/C21H29NO2S/c1-16(2)15-21(4)11-13-22(14-12-21)25(23,24)20-10-9-17(3)18-7-5-6-8-19(18)20/h5-10,16H,11-15H2,1-4H3. The first kappa shape index (κ1) is 18.4. The summed E-state index contributed by atoms with van der Waals surface area (Å²) in [4.78, 5) is 0.446. The number of sulfonamides is 1. The number of hydrogen-bond acceptors (Lipinski definition) is 2. The van der Waals surface area contributed by atoms with Crippen molar-refractivity contribution in [1.29, 1.82) is 0 Å². The van der Waals surface area contributed by atoms with Gasteiger partial charge < -0.3 is 0 Å². The van der Waals surface area contributed by atoms with Gasteiger partial charge in [-0.1, -0.05) is 51.1 Å².